The van der Waals surface area contributed by atoms with E-state index >= 15 is 0 Å². The standard InChI is InChI=1S/C24H25Br2NS/c1-24(2,3)18-6-10-20(11-7-18)27(21-12-13-22(25)23(26)16-21)19-8-4-17(5-9-19)14-15-28/h4-13,16,28H,14-15H2,1-3H3. The molecule has 4 heteroatoms. The summed E-state index contributed by atoms with van der Waals surface area (Å²) in [7, 11) is 0. The third-order valence-corrected chi connectivity index (χ3v) is 6.85. The Hall–Kier alpha value is -1.23. The van der Waals surface area contributed by atoms with Crippen LogP contribution in [0.5, 0.6) is 0 Å². The third-order valence-electron chi connectivity index (χ3n) is 4.75. The zero-order valence-corrected chi connectivity index (χ0v) is 20.5. The van der Waals surface area contributed by atoms with E-state index in [0.29, 0.717) is 0 Å². The summed E-state index contributed by atoms with van der Waals surface area (Å²) < 4.78 is 2.08. The van der Waals surface area contributed by atoms with Crippen molar-refractivity contribution in [3.05, 3.63) is 86.8 Å². The summed E-state index contributed by atoms with van der Waals surface area (Å²) in [6, 6.07) is 24.0. The summed E-state index contributed by atoms with van der Waals surface area (Å²) in [6.07, 6.45) is 0.980. The Morgan fingerprint density at radius 3 is 1.79 bits per heavy atom. The molecule has 0 spiro atoms. The summed E-state index contributed by atoms with van der Waals surface area (Å²) in [5, 5.41) is 0. The number of anilines is 3. The summed E-state index contributed by atoms with van der Waals surface area (Å²) in [4.78, 5) is 2.29. The van der Waals surface area contributed by atoms with Crippen molar-refractivity contribution in [3.8, 4) is 0 Å². The first kappa shape index (κ1) is 21.5. The molecule has 0 saturated heterocycles. The smallest absolute Gasteiger partial charge is 0.0473 e. The molecule has 0 radical (unpaired) electrons. The lowest BCUT2D eigenvalue weighted by Gasteiger charge is -2.27. The number of nitrogens with zero attached hydrogens (tertiary/aromatic N) is 1. The Labute approximate surface area is 190 Å². The second kappa shape index (κ2) is 9.06. The minimum Gasteiger partial charge on any atom is -0.310 e. The normalized spacial score (nSPS) is 11.5. The Morgan fingerprint density at radius 1 is 0.750 bits per heavy atom. The lowest BCUT2D eigenvalue weighted by atomic mass is 9.87. The van der Waals surface area contributed by atoms with Gasteiger partial charge in [0.25, 0.3) is 0 Å². The van der Waals surface area contributed by atoms with Gasteiger partial charge in [0.1, 0.15) is 0 Å². The van der Waals surface area contributed by atoms with Crippen molar-refractivity contribution < 1.29 is 0 Å². The third kappa shape index (κ3) is 5.03. The van der Waals surface area contributed by atoms with E-state index < -0.39 is 0 Å². The van der Waals surface area contributed by atoms with Crippen LogP contribution in [0.1, 0.15) is 31.9 Å². The van der Waals surface area contributed by atoms with E-state index in [1.807, 2.05) is 0 Å². The molecule has 0 fully saturated rings. The van der Waals surface area contributed by atoms with Gasteiger partial charge in [-0.1, -0.05) is 45.0 Å². The highest BCUT2D eigenvalue weighted by molar-refractivity contribution is 9.13. The molecule has 0 N–H and O–H groups in total. The van der Waals surface area contributed by atoms with Crippen LogP contribution in [0.3, 0.4) is 0 Å². The molecule has 0 aliphatic heterocycles. The molecule has 0 bridgehead atoms. The van der Waals surface area contributed by atoms with Crippen LogP contribution < -0.4 is 4.90 Å². The van der Waals surface area contributed by atoms with Crippen molar-refractivity contribution in [3.63, 3.8) is 0 Å². The summed E-state index contributed by atoms with van der Waals surface area (Å²) in [5.74, 6) is 0.858. The zero-order chi connectivity index (χ0) is 20.3. The maximum Gasteiger partial charge on any atom is 0.0473 e. The van der Waals surface area contributed by atoms with E-state index in [4.69, 9.17) is 0 Å². The molecule has 0 aliphatic carbocycles. The Kier molecular flexibility index (Phi) is 6.95. The van der Waals surface area contributed by atoms with Crippen LogP contribution in [0.15, 0.2) is 75.7 Å². The van der Waals surface area contributed by atoms with Gasteiger partial charge in [-0.15, -0.1) is 0 Å². The fraction of sp³-hybridized carbons (Fsp3) is 0.250. The predicted molar refractivity (Wildman–Crippen MR) is 133 cm³/mol. The van der Waals surface area contributed by atoms with Crippen LogP contribution in [-0.4, -0.2) is 5.75 Å². The Bertz CT molecular complexity index is 928. The fourth-order valence-electron chi connectivity index (χ4n) is 3.12. The number of halogens is 2. The topological polar surface area (TPSA) is 3.24 Å². The first-order valence-electron chi connectivity index (χ1n) is 9.35. The second-order valence-electron chi connectivity index (χ2n) is 7.87. The quantitative estimate of drug-likeness (QED) is 0.331. The predicted octanol–water partition coefficient (Wildman–Crippen LogP) is 8.45. The van der Waals surface area contributed by atoms with Crippen molar-refractivity contribution in [2.45, 2.75) is 32.6 Å². The first-order valence-corrected chi connectivity index (χ1v) is 11.6. The highest BCUT2D eigenvalue weighted by Crippen LogP contribution is 2.38. The minimum atomic E-state index is 0.137. The molecule has 146 valence electrons. The maximum atomic E-state index is 4.35. The molecule has 3 aromatic rings. The molecule has 3 rings (SSSR count). The largest absolute Gasteiger partial charge is 0.310 e. The van der Waals surface area contributed by atoms with Crippen LogP contribution in [-0.2, 0) is 11.8 Å². The fourth-order valence-corrected chi connectivity index (χ4v) is 3.99. The lowest BCUT2D eigenvalue weighted by Crippen LogP contribution is -2.13. The van der Waals surface area contributed by atoms with E-state index in [0.717, 1.165) is 38.2 Å². The molecule has 0 aromatic heterocycles. The zero-order valence-electron chi connectivity index (χ0n) is 16.4. The Balaban J connectivity index is 2.07. The van der Waals surface area contributed by atoms with Gasteiger partial charge in [0.05, 0.1) is 0 Å². The molecule has 28 heavy (non-hydrogen) atoms. The number of hydrogen-bond acceptors (Lipinski definition) is 2. The SMILES string of the molecule is CC(C)(C)c1ccc(N(c2ccc(CCS)cc2)c2ccc(Br)c(Br)c2)cc1. The molecular formula is C24H25Br2NS. The minimum absolute atomic E-state index is 0.137. The van der Waals surface area contributed by atoms with E-state index in [1.54, 1.807) is 0 Å². The van der Waals surface area contributed by atoms with Crippen LogP contribution in [0.4, 0.5) is 17.1 Å². The number of hydrogen-bond donors (Lipinski definition) is 1. The van der Waals surface area contributed by atoms with E-state index in [2.05, 4.69) is 137 Å². The number of benzene rings is 3. The van der Waals surface area contributed by atoms with Crippen LogP contribution in [0, 0.1) is 0 Å². The summed E-state index contributed by atoms with van der Waals surface area (Å²) in [6.45, 7) is 6.73. The van der Waals surface area contributed by atoms with E-state index in [9.17, 15) is 0 Å². The van der Waals surface area contributed by atoms with Crippen molar-refractivity contribution >= 4 is 61.6 Å². The monoisotopic (exact) mass is 517 g/mol. The molecule has 0 amide bonds. The molecule has 0 unspecified atom stereocenters. The van der Waals surface area contributed by atoms with E-state index in [1.165, 1.54) is 11.1 Å². The molecular weight excluding hydrogens is 494 g/mol. The van der Waals surface area contributed by atoms with Gasteiger partial charge in [-0.2, -0.15) is 12.6 Å². The molecule has 1 nitrogen and oxygen atoms in total. The van der Waals surface area contributed by atoms with Crippen molar-refractivity contribution in [1.82, 2.24) is 0 Å². The average Bonchev–Trinajstić information content (AvgIpc) is 2.66. The van der Waals surface area contributed by atoms with Crippen molar-refractivity contribution in [1.29, 1.82) is 0 Å². The molecule has 0 heterocycles. The van der Waals surface area contributed by atoms with Crippen molar-refractivity contribution in [2.24, 2.45) is 0 Å². The van der Waals surface area contributed by atoms with Gasteiger partial charge in [0.2, 0.25) is 0 Å². The maximum absolute atomic E-state index is 4.35. The molecule has 0 atom stereocenters. The molecule has 3 aromatic carbocycles. The number of thiol groups is 1. The van der Waals surface area contributed by atoms with Gasteiger partial charge in [0.15, 0.2) is 0 Å². The van der Waals surface area contributed by atoms with Gasteiger partial charge in [0, 0.05) is 26.0 Å². The Morgan fingerprint density at radius 2 is 1.29 bits per heavy atom. The first-order chi connectivity index (χ1) is 13.3. The van der Waals surface area contributed by atoms with Crippen LogP contribution >= 0.6 is 44.5 Å². The van der Waals surface area contributed by atoms with Gasteiger partial charge < -0.3 is 4.90 Å². The van der Waals surface area contributed by atoms with Gasteiger partial charge in [-0.05, 0) is 103 Å². The highest BCUT2D eigenvalue weighted by atomic mass is 79.9. The molecule has 0 saturated carbocycles. The van der Waals surface area contributed by atoms with Gasteiger partial charge in [-0.25, -0.2) is 0 Å². The summed E-state index contributed by atoms with van der Waals surface area (Å²) >= 11 is 11.6. The average molecular weight is 519 g/mol. The van der Waals surface area contributed by atoms with Gasteiger partial charge in [-0.3, -0.25) is 0 Å². The van der Waals surface area contributed by atoms with Crippen LogP contribution in [0.25, 0.3) is 0 Å². The van der Waals surface area contributed by atoms with E-state index in [-0.39, 0.29) is 5.41 Å². The number of aryl methyl sites for hydroxylation is 1. The summed E-state index contributed by atoms with van der Waals surface area (Å²) in [5.41, 5.74) is 6.17. The van der Waals surface area contributed by atoms with Crippen molar-refractivity contribution in [2.75, 3.05) is 10.7 Å². The highest BCUT2D eigenvalue weighted by Gasteiger charge is 2.17. The van der Waals surface area contributed by atoms with Crippen LogP contribution in [0.2, 0.25) is 0 Å². The van der Waals surface area contributed by atoms with Gasteiger partial charge >= 0.3 is 0 Å². The lowest BCUT2D eigenvalue weighted by molar-refractivity contribution is 0.590. The second-order valence-corrected chi connectivity index (χ2v) is 10.0. The number of rotatable bonds is 5. The molecule has 0 aliphatic rings.